The molecule has 18 heavy (non-hydrogen) atoms. The summed E-state index contributed by atoms with van der Waals surface area (Å²) < 4.78 is 13.8. The Balaban J connectivity index is 2.53. The van der Waals surface area contributed by atoms with Gasteiger partial charge in [0.25, 0.3) is 0 Å². The fourth-order valence-electron chi connectivity index (χ4n) is 1.92. The summed E-state index contributed by atoms with van der Waals surface area (Å²) >= 11 is 0. The van der Waals surface area contributed by atoms with Gasteiger partial charge >= 0.3 is 0 Å². The summed E-state index contributed by atoms with van der Waals surface area (Å²) in [5.74, 6) is 0.213. The second-order valence-corrected chi connectivity index (χ2v) is 4.85. The summed E-state index contributed by atoms with van der Waals surface area (Å²) in [6.45, 7) is 12.2. The van der Waals surface area contributed by atoms with Gasteiger partial charge in [-0.15, -0.1) is 0 Å². The van der Waals surface area contributed by atoms with E-state index in [1.165, 1.54) is 0 Å². The zero-order valence-electron chi connectivity index (χ0n) is 12.0. The summed E-state index contributed by atoms with van der Waals surface area (Å²) in [6, 6.07) is 5.46. The normalized spacial score (nSPS) is 11.3. The van der Waals surface area contributed by atoms with Crippen molar-refractivity contribution in [1.82, 2.24) is 4.90 Å². The van der Waals surface area contributed by atoms with Crippen molar-refractivity contribution in [3.05, 3.63) is 29.6 Å². The molecular weight excluding hydrogens is 227 g/mol. The Bertz CT molecular complexity index is 360. The van der Waals surface area contributed by atoms with Crippen LogP contribution >= 0.6 is 0 Å². The van der Waals surface area contributed by atoms with E-state index >= 15 is 0 Å². The van der Waals surface area contributed by atoms with E-state index in [1.54, 1.807) is 6.07 Å². The van der Waals surface area contributed by atoms with Crippen LogP contribution in [0, 0.1) is 5.82 Å². The number of hydrogen-bond acceptors (Lipinski definition) is 2. The predicted octanol–water partition coefficient (Wildman–Crippen LogP) is 3.70. The van der Waals surface area contributed by atoms with Crippen molar-refractivity contribution >= 4 is 5.69 Å². The summed E-state index contributed by atoms with van der Waals surface area (Å²) in [5, 5.41) is 3.16. The Morgan fingerprint density at radius 1 is 1.22 bits per heavy atom. The molecule has 0 saturated heterocycles. The number of hydrogen-bond donors (Lipinski definition) is 1. The maximum absolute atomic E-state index is 13.8. The average Bonchev–Trinajstić information content (AvgIpc) is 2.36. The van der Waals surface area contributed by atoms with E-state index in [0.717, 1.165) is 31.7 Å². The minimum Gasteiger partial charge on any atom is -0.381 e. The molecule has 0 bridgehead atoms. The third kappa shape index (κ3) is 4.30. The fourth-order valence-corrected chi connectivity index (χ4v) is 1.92. The Labute approximate surface area is 110 Å². The molecule has 0 spiro atoms. The lowest BCUT2D eigenvalue weighted by Crippen LogP contribution is -2.28. The first-order valence-electron chi connectivity index (χ1n) is 6.84. The van der Waals surface area contributed by atoms with E-state index in [4.69, 9.17) is 0 Å². The molecule has 1 aromatic carbocycles. The third-order valence-electron chi connectivity index (χ3n) is 3.30. The van der Waals surface area contributed by atoms with Crippen LogP contribution in [0.15, 0.2) is 18.2 Å². The molecule has 102 valence electrons. The summed E-state index contributed by atoms with van der Waals surface area (Å²) in [6.07, 6.45) is 0. The van der Waals surface area contributed by atoms with Crippen LogP contribution in [0.25, 0.3) is 0 Å². The van der Waals surface area contributed by atoms with Crippen LogP contribution in [-0.4, -0.2) is 31.1 Å². The highest BCUT2D eigenvalue weighted by atomic mass is 19.1. The van der Waals surface area contributed by atoms with Crippen molar-refractivity contribution < 1.29 is 4.39 Å². The smallest absolute Gasteiger partial charge is 0.146 e. The number of nitrogens with one attached hydrogen (secondary N) is 1. The van der Waals surface area contributed by atoms with Gasteiger partial charge in [-0.05, 0) is 36.7 Å². The number of benzene rings is 1. The molecule has 0 aliphatic carbocycles. The molecule has 1 N–H and O–H groups in total. The highest BCUT2D eigenvalue weighted by Gasteiger charge is 2.06. The molecule has 0 atom stereocenters. The van der Waals surface area contributed by atoms with Crippen molar-refractivity contribution in [3.63, 3.8) is 0 Å². The molecule has 3 heteroatoms. The van der Waals surface area contributed by atoms with Gasteiger partial charge in [-0.1, -0.05) is 33.8 Å². The van der Waals surface area contributed by atoms with Crippen LogP contribution in [0.4, 0.5) is 10.1 Å². The zero-order chi connectivity index (χ0) is 13.5. The average molecular weight is 252 g/mol. The molecule has 2 nitrogen and oxygen atoms in total. The monoisotopic (exact) mass is 252 g/mol. The highest BCUT2D eigenvalue weighted by molar-refractivity contribution is 5.46. The molecule has 0 amide bonds. The van der Waals surface area contributed by atoms with E-state index in [2.05, 4.69) is 37.9 Å². The van der Waals surface area contributed by atoms with Gasteiger partial charge in [0.2, 0.25) is 0 Å². The molecule has 0 saturated carbocycles. The van der Waals surface area contributed by atoms with Crippen LogP contribution < -0.4 is 5.32 Å². The standard InChI is InChI=1S/C15H25FN2/c1-5-18(6-2)10-9-17-15-8-7-13(12(3)4)11-14(15)16/h7-8,11-12,17H,5-6,9-10H2,1-4H3. The van der Waals surface area contributed by atoms with Crippen LogP contribution in [-0.2, 0) is 0 Å². The Morgan fingerprint density at radius 3 is 2.39 bits per heavy atom. The van der Waals surface area contributed by atoms with Gasteiger partial charge in [0.15, 0.2) is 0 Å². The third-order valence-corrected chi connectivity index (χ3v) is 3.30. The summed E-state index contributed by atoms with van der Waals surface area (Å²) in [5.41, 5.74) is 1.65. The van der Waals surface area contributed by atoms with Crippen molar-refractivity contribution in [2.45, 2.75) is 33.6 Å². The van der Waals surface area contributed by atoms with Gasteiger partial charge in [-0.25, -0.2) is 4.39 Å². The molecule has 0 heterocycles. The number of likely N-dealkylation sites (N-methyl/N-ethyl adjacent to an activating group) is 1. The molecule has 0 aliphatic heterocycles. The maximum atomic E-state index is 13.8. The fraction of sp³-hybridized carbons (Fsp3) is 0.600. The lowest BCUT2D eigenvalue weighted by Gasteiger charge is -2.18. The van der Waals surface area contributed by atoms with Crippen LogP contribution in [0.3, 0.4) is 0 Å². The molecule has 1 aromatic rings. The Morgan fingerprint density at radius 2 is 1.89 bits per heavy atom. The molecule has 0 fully saturated rings. The Kier molecular flexibility index (Phi) is 6.13. The molecule has 0 unspecified atom stereocenters. The molecule has 0 radical (unpaired) electrons. The van der Waals surface area contributed by atoms with Gasteiger partial charge < -0.3 is 10.2 Å². The van der Waals surface area contributed by atoms with E-state index in [-0.39, 0.29) is 5.82 Å². The van der Waals surface area contributed by atoms with Crippen molar-refractivity contribution in [2.24, 2.45) is 0 Å². The Hall–Kier alpha value is -1.09. The first kappa shape index (κ1) is 15.0. The van der Waals surface area contributed by atoms with Crippen LogP contribution in [0.2, 0.25) is 0 Å². The number of nitrogens with zero attached hydrogens (tertiary/aromatic N) is 1. The van der Waals surface area contributed by atoms with Crippen LogP contribution in [0.1, 0.15) is 39.2 Å². The van der Waals surface area contributed by atoms with Crippen molar-refractivity contribution in [2.75, 3.05) is 31.5 Å². The van der Waals surface area contributed by atoms with Gasteiger partial charge in [0, 0.05) is 13.1 Å². The first-order chi connectivity index (χ1) is 8.58. The number of anilines is 1. The summed E-state index contributed by atoms with van der Waals surface area (Å²) in [7, 11) is 0. The van der Waals surface area contributed by atoms with E-state index in [9.17, 15) is 4.39 Å². The number of rotatable bonds is 7. The summed E-state index contributed by atoms with van der Waals surface area (Å²) in [4.78, 5) is 2.31. The largest absolute Gasteiger partial charge is 0.381 e. The van der Waals surface area contributed by atoms with E-state index in [0.29, 0.717) is 11.6 Å². The number of halogens is 1. The minimum absolute atomic E-state index is 0.152. The van der Waals surface area contributed by atoms with E-state index < -0.39 is 0 Å². The second kappa shape index (κ2) is 7.37. The van der Waals surface area contributed by atoms with Crippen LogP contribution in [0.5, 0.6) is 0 Å². The lowest BCUT2D eigenvalue weighted by atomic mass is 10.0. The van der Waals surface area contributed by atoms with Crippen molar-refractivity contribution in [3.8, 4) is 0 Å². The quantitative estimate of drug-likeness (QED) is 0.796. The SMILES string of the molecule is CCN(CC)CCNc1ccc(C(C)C)cc1F. The van der Waals surface area contributed by atoms with Gasteiger partial charge in [-0.2, -0.15) is 0 Å². The van der Waals surface area contributed by atoms with Gasteiger partial charge in [0.05, 0.1) is 5.69 Å². The van der Waals surface area contributed by atoms with E-state index in [1.807, 2.05) is 12.1 Å². The molecule has 0 aromatic heterocycles. The topological polar surface area (TPSA) is 15.3 Å². The second-order valence-electron chi connectivity index (χ2n) is 4.85. The van der Waals surface area contributed by atoms with Gasteiger partial charge in [0.1, 0.15) is 5.82 Å². The maximum Gasteiger partial charge on any atom is 0.146 e. The molecule has 1 rings (SSSR count). The molecule has 0 aliphatic rings. The van der Waals surface area contributed by atoms with Crippen molar-refractivity contribution in [1.29, 1.82) is 0 Å². The lowest BCUT2D eigenvalue weighted by molar-refractivity contribution is 0.316. The minimum atomic E-state index is -0.152. The molecular formula is C15H25FN2. The zero-order valence-corrected chi connectivity index (χ0v) is 12.0. The predicted molar refractivity (Wildman–Crippen MR) is 76.8 cm³/mol. The van der Waals surface area contributed by atoms with Gasteiger partial charge in [-0.3, -0.25) is 0 Å². The first-order valence-corrected chi connectivity index (χ1v) is 6.84. The highest BCUT2D eigenvalue weighted by Crippen LogP contribution is 2.20.